The Morgan fingerprint density at radius 1 is 1.35 bits per heavy atom. The minimum Gasteiger partial charge on any atom is -0.338 e. The second kappa shape index (κ2) is 7.26. The summed E-state index contributed by atoms with van der Waals surface area (Å²) >= 11 is 1.11. The van der Waals surface area contributed by atoms with Gasteiger partial charge in [-0.05, 0) is 50.4 Å². The van der Waals surface area contributed by atoms with Crippen LogP contribution in [0.2, 0.25) is 0 Å². The van der Waals surface area contributed by atoms with Crippen LogP contribution in [-0.2, 0) is 4.79 Å². The Bertz CT molecular complexity index is 871. The molecule has 1 aliphatic rings. The van der Waals surface area contributed by atoms with Crippen LogP contribution in [-0.4, -0.2) is 34.2 Å². The molecule has 1 atom stereocenters. The summed E-state index contributed by atoms with van der Waals surface area (Å²) in [4.78, 5) is 27.3. The van der Waals surface area contributed by atoms with Crippen molar-refractivity contribution >= 4 is 28.3 Å². The number of hydrogen-bond donors (Lipinski definition) is 1. The molecule has 0 saturated carbocycles. The molecule has 2 heterocycles. The predicted molar refractivity (Wildman–Crippen MR) is 99.9 cm³/mol. The first-order chi connectivity index (χ1) is 12.4. The first-order valence-electron chi connectivity index (χ1n) is 8.47. The number of piperidine rings is 1. The molecule has 1 fully saturated rings. The Hall–Kier alpha value is -2.72. The Labute approximate surface area is 156 Å². The fourth-order valence-electron chi connectivity index (χ4n) is 3.20. The fourth-order valence-corrected chi connectivity index (χ4v) is 3.94. The maximum Gasteiger partial charge on any atom is 0.253 e. The van der Waals surface area contributed by atoms with Gasteiger partial charge in [-0.1, -0.05) is 18.2 Å². The van der Waals surface area contributed by atoms with Crippen molar-refractivity contribution in [2.45, 2.75) is 26.7 Å². The normalized spacial score (nSPS) is 19.7. The lowest BCUT2D eigenvalue weighted by molar-refractivity contribution is -0.127. The van der Waals surface area contributed by atoms with Gasteiger partial charge >= 0.3 is 0 Å². The van der Waals surface area contributed by atoms with Gasteiger partial charge in [0.2, 0.25) is 5.91 Å². The van der Waals surface area contributed by atoms with E-state index in [0.29, 0.717) is 41.3 Å². The zero-order chi connectivity index (χ0) is 18.7. The monoisotopic (exact) mass is 368 g/mol. The van der Waals surface area contributed by atoms with E-state index in [1.807, 2.05) is 25.1 Å². The number of aromatic nitrogens is 1. The second-order valence-electron chi connectivity index (χ2n) is 6.79. The van der Waals surface area contributed by atoms with Crippen LogP contribution >= 0.6 is 11.5 Å². The summed E-state index contributed by atoms with van der Waals surface area (Å²) in [6, 6.07) is 11.2. The quantitative estimate of drug-likeness (QED) is 0.901. The molecule has 1 N–H and O–H groups in total. The summed E-state index contributed by atoms with van der Waals surface area (Å²) in [5.74, 6) is -0.237. The number of nitrogens with zero attached hydrogens (tertiary/aromatic N) is 3. The zero-order valence-electron chi connectivity index (χ0n) is 14.8. The average molecular weight is 368 g/mol. The van der Waals surface area contributed by atoms with Crippen LogP contribution < -0.4 is 5.32 Å². The number of rotatable bonds is 3. The largest absolute Gasteiger partial charge is 0.338 e. The molecule has 0 aliphatic carbocycles. The van der Waals surface area contributed by atoms with Crippen molar-refractivity contribution in [1.82, 2.24) is 9.27 Å². The number of likely N-dealkylation sites (tertiary alicyclic amines) is 1. The first kappa shape index (κ1) is 18.1. The predicted octanol–water partition coefficient (Wildman–Crippen LogP) is 3.20. The molecule has 1 aromatic heterocycles. The van der Waals surface area contributed by atoms with E-state index in [4.69, 9.17) is 0 Å². The molecular formula is C19H20N4O2S. The standard InChI is InChI=1S/C19H20N4O2S/c1-13-15(11-20)16(26-22-13)21-18(25)19(2)9-6-10-23(12-19)17(24)14-7-4-3-5-8-14/h3-5,7-8H,6,9-10,12H2,1-2H3,(H,21,25). The Morgan fingerprint density at radius 2 is 2.08 bits per heavy atom. The van der Waals surface area contributed by atoms with Crippen LogP contribution in [0.1, 0.15) is 41.4 Å². The third-order valence-corrected chi connectivity index (χ3v) is 5.61. The van der Waals surface area contributed by atoms with Crippen molar-refractivity contribution < 1.29 is 9.59 Å². The van der Waals surface area contributed by atoms with Gasteiger partial charge in [-0.25, -0.2) is 0 Å². The Balaban J connectivity index is 1.75. The van der Waals surface area contributed by atoms with Gasteiger partial charge < -0.3 is 10.2 Å². The lowest BCUT2D eigenvalue weighted by atomic mass is 9.80. The van der Waals surface area contributed by atoms with Crippen LogP contribution in [0.3, 0.4) is 0 Å². The van der Waals surface area contributed by atoms with Gasteiger partial charge in [-0.2, -0.15) is 9.64 Å². The van der Waals surface area contributed by atoms with E-state index in [2.05, 4.69) is 15.8 Å². The van der Waals surface area contributed by atoms with Crippen molar-refractivity contribution in [1.29, 1.82) is 5.26 Å². The summed E-state index contributed by atoms with van der Waals surface area (Å²) < 4.78 is 4.13. The van der Waals surface area contributed by atoms with Gasteiger partial charge in [0.05, 0.1) is 11.1 Å². The van der Waals surface area contributed by atoms with Crippen molar-refractivity contribution in [3.05, 3.63) is 47.2 Å². The smallest absolute Gasteiger partial charge is 0.253 e. The highest BCUT2D eigenvalue weighted by molar-refractivity contribution is 7.10. The minimum atomic E-state index is -0.701. The lowest BCUT2D eigenvalue weighted by Gasteiger charge is -2.39. The maximum atomic E-state index is 12.9. The molecule has 7 heteroatoms. The topological polar surface area (TPSA) is 86.1 Å². The molecule has 0 radical (unpaired) electrons. The lowest BCUT2D eigenvalue weighted by Crippen LogP contribution is -2.50. The van der Waals surface area contributed by atoms with Gasteiger partial charge in [0, 0.05) is 18.7 Å². The van der Waals surface area contributed by atoms with E-state index >= 15 is 0 Å². The summed E-state index contributed by atoms with van der Waals surface area (Å²) in [5.41, 5.74) is 0.942. The van der Waals surface area contributed by atoms with Crippen LogP contribution in [0.25, 0.3) is 0 Å². The van der Waals surface area contributed by atoms with Crippen molar-refractivity contribution in [2.75, 3.05) is 18.4 Å². The van der Waals surface area contributed by atoms with Crippen LogP contribution in [0.5, 0.6) is 0 Å². The summed E-state index contributed by atoms with van der Waals surface area (Å²) in [6.07, 6.45) is 1.45. The molecule has 1 saturated heterocycles. The third kappa shape index (κ3) is 3.46. The van der Waals surface area contributed by atoms with E-state index in [1.165, 1.54) is 0 Å². The van der Waals surface area contributed by atoms with Gasteiger partial charge in [0.15, 0.2) is 0 Å². The summed E-state index contributed by atoms with van der Waals surface area (Å²) in [5, 5.41) is 12.6. The number of nitriles is 1. The molecule has 1 aliphatic heterocycles. The van der Waals surface area contributed by atoms with Crippen molar-refractivity contribution in [2.24, 2.45) is 5.41 Å². The molecular weight excluding hydrogens is 348 g/mol. The highest BCUT2D eigenvalue weighted by atomic mass is 32.1. The van der Waals surface area contributed by atoms with Crippen LogP contribution in [0, 0.1) is 23.7 Å². The van der Waals surface area contributed by atoms with E-state index in [9.17, 15) is 14.9 Å². The zero-order valence-corrected chi connectivity index (χ0v) is 15.6. The third-order valence-electron chi connectivity index (χ3n) is 4.75. The molecule has 2 amide bonds. The number of benzene rings is 1. The Morgan fingerprint density at radius 3 is 2.77 bits per heavy atom. The number of carbonyl (C=O) groups excluding carboxylic acids is 2. The number of carbonyl (C=O) groups is 2. The molecule has 134 valence electrons. The molecule has 0 spiro atoms. The van der Waals surface area contributed by atoms with E-state index in [0.717, 1.165) is 18.0 Å². The van der Waals surface area contributed by atoms with E-state index in [-0.39, 0.29) is 11.8 Å². The number of nitrogens with one attached hydrogen (secondary N) is 1. The molecule has 1 unspecified atom stereocenters. The fraction of sp³-hybridized carbons (Fsp3) is 0.368. The van der Waals surface area contributed by atoms with Crippen molar-refractivity contribution in [3.8, 4) is 6.07 Å². The van der Waals surface area contributed by atoms with Gasteiger partial charge in [-0.3, -0.25) is 9.59 Å². The number of aryl methyl sites for hydroxylation is 1. The minimum absolute atomic E-state index is 0.0596. The molecule has 26 heavy (non-hydrogen) atoms. The number of hydrogen-bond acceptors (Lipinski definition) is 5. The Kier molecular flexibility index (Phi) is 5.05. The SMILES string of the molecule is Cc1nsc(NC(=O)C2(C)CCCN(C(=O)c3ccccc3)C2)c1C#N. The van der Waals surface area contributed by atoms with E-state index in [1.54, 1.807) is 24.0 Å². The molecule has 0 bridgehead atoms. The van der Waals surface area contributed by atoms with Gasteiger partial charge in [0.25, 0.3) is 5.91 Å². The maximum absolute atomic E-state index is 12.9. The molecule has 3 rings (SSSR count). The highest BCUT2D eigenvalue weighted by Gasteiger charge is 2.40. The summed E-state index contributed by atoms with van der Waals surface area (Å²) in [6.45, 7) is 4.60. The van der Waals surface area contributed by atoms with Crippen LogP contribution in [0.15, 0.2) is 30.3 Å². The van der Waals surface area contributed by atoms with Crippen molar-refractivity contribution in [3.63, 3.8) is 0 Å². The number of anilines is 1. The molecule has 6 nitrogen and oxygen atoms in total. The number of amides is 2. The average Bonchev–Trinajstić information content (AvgIpc) is 3.01. The van der Waals surface area contributed by atoms with E-state index < -0.39 is 5.41 Å². The highest BCUT2D eigenvalue weighted by Crippen LogP contribution is 2.33. The molecule has 2 aromatic rings. The van der Waals surface area contributed by atoms with Crippen LogP contribution in [0.4, 0.5) is 5.00 Å². The van der Waals surface area contributed by atoms with Gasteiger partial charge in [-0.15, -0.1) is 0 Å². The second-order valence-corrected chi connectivity index (χ2v) is 7.57. The summed E-state index contributed by atoms with van der Waals surface area (Å²) in [7, 11) is 0. The van der Waals surface area contributed by atoms with Gasteiger partial charge in [0.1, 0.15) is 16.6 Å². The first-order valence-corrected chi connectivity index (χ1v) is 9.24. The molecule has 1 aromatic carbocycles.